The summed E-state index contributed by atoms with van der Waals surface area (Å²) in [6, 6.07) is 9.31. The van der Waals surface area contributed by atoms with Gasteiger partial charge in [0.15, 0.2) is 0 Å². The zero-order chi connectivity index (χ0) is 18.7. The smallest absolute Gasteiger partial charge is 0.0517 e. The predicted molar refractivity (Wildman–Crippen MR) is 116 cm³/mol. The highest BCUT2D eigenvalue weighted by molar-refractivity contribution is 8.02. The molecule has 0 aliphatic rings. The summed E-state index contributed by atoms with van der Waals surface area (Å²) in [4.78, 5) is 6.23. The number of nitrogens with one attached hydrogen (secondary N) is 1. The fraction of sp³-hybridized carbons (Fsp3) is 0.476. The van der Waals surface area contributed by atoms with Gasteiger partial charge in [-0.25, -0.2) is 0 Å². The Balaban J connectivity index is 2.59. The first-order valence-electron chi connectivity index (χ1n) is 9.02. The Hall–Kier alpha value is -1.52. The second kappa shape index (κ2) is 11.9. The predicted octanol–water partition coefficient (Wildman–Crippen LogP) is 5.25. The minimum absolute atomic E-state index is 0.584. The van der Waals surface area contributed by atoms with Crippen molar-refractivity contribution in [1.29, 1.82) is 0 Å². The number of nitrogens with zero attached hydrogens (tertiary/aromatic N) is 2. The first kappa shape index (κ1) is 21.5. The average Bonchev–Trinajstić information content (AvgIpc) is 2.64. The molecule has 3 nitrogen and oxygen atoms in total. The van der Waals surface area contributed by atoms with Crippen LogP contribution >= 0.6 is 11.8 Å². The summed E-state index contributed by atoms with van der Waals surface area (Å²) in [6.45, 7) is 15.4. The molecule has 1 unspecified atom stereocenters. The van der Waals surface area contributed by atoms with Gasteiger partial charge in [0.05, 0.1) is 5.70 Å². The summed E-state index contributed by atoms with van der Waals surface area (Å²) in [5.41, 5.74) is 4.49. The monoisotopic (exact) mass is 359 g/mol. The zero-order valence-corrected chi connectivity index (χ0v) is 17.0. The quantitative estimate of drug-likeness (QED) is 0.516. The molecule has 0 bridgehead atoms. The highest BCUT2D eigenvalue weighted by Crippen LogP contribution is 2.23. The molecule has 0 fully saturated rings. The third kappa shape index (κ3) is 7.93. The number of hydrogen-bond donors (Lipinski definition) is 1. The van der Waals surface area contributed by atoms with Gasteiger partial charge in [0.25, 0.3) is 0 Å². The Labute approximate surface area is 158 Å². The first-order valence-corrected chi connectivity index (χ1v) is 10.1. The van der Waals surface area contributed by atoms with Crippen molar-refractivity contribution in [2.24, 2.45) is 4.99 Å². The van der Waals surface area contributed by atoms with Crippen LogP contribution in [0.1, 0.15) is 39.2 Å². The lowest BCUT2D eigenvalue weighted by Crippen LogP contribution is -2.27. The van der Waals surface area contributed by atoms with E-state index in [1.165, 1.54) is 12.0 Å². The second-order valence-corrected chi connectivity index (χ2v) is 7.35. The van der Waals surface area contributed by atoms with E-state index < -0.39 is 0 Å². The van der Waals surface area contributed by atoms with Crippen LogP contribution in [0.25, 0.3) is 0 Å². The van der Waals surface area contributed by atoms with E-state index in [0.717, 1.165) is 35.8 Å². The lowest BCUT2D eigenvalue weighted by molar-refractivity contribution is 0.537. The maximum atomic E-state index is 4.21. The van der Waals surface area contributed by atoms with Gasteiger partial charge in [-0.1, -0.05) is 32.6 Å². The molecule has 0 amide bonds. The molecule has 4 heteroatoms. The van der Waals surface area contributed by atoms with Gasteiger partial charge in [0.2, 0.25) is 0 Å². The highest BCUT2D eigenvalue weighted by atomic mass is 32.2. The normalized spacial score (nSPS) is 12.7. The van der Waals surface area contributed by atoms with Crippen LogP contribution in [0.5, 0.6) is 0 Å². The molecule has 0 radical (unpaired) electrons. The highest BCUT2D eigenvalue weighted by Gasteiger charge is 2.07. The number of benzene rings is 1. The maximum absolute atomic E-state index is 4.21. The minimum Gasteiger partial charge on any atom is -0.348 e. The van der Waals surface area contributed by atoms with Gasteiger partial charge in [-0.2, -0.15) is 0 Å². The molecule has 1 aromatic carbocycles. The van der Waals surface area contributed by atoms with Crippen molar-refractivity contribution < 1.29 is 0 Å². The van der Waals surface area contributed by atoms with Crippen LogP contribution in [0.15, 0.2) is 52.6 Å². The summed E-state index contributed by atoms with van der Waals surface area (Å²) < 4.78 is 0. The Morgan fingerprint density at radius 2 is 2.00 bits per heavy atom. The fourth-order valence-electron chi connectivity index (χ4n) is 2.32. The molecule has 0 aliphatic heterocycles. The molecule has 0 heterocycles. The van der Waals surface area contributed by atoms with Gasteiger partial charge in [0.1, 0.15) is 0 Å². The van der Waals surface area contributed by atoms with Crippen molar-refractivity contribution in [2.45, 2.75) is 46.1 Å². The third-order valence-electron chi connectivity index (χ3n) is 4.29. The van der Waals surface area contributed by atoms with Crippen LogP contribution < -0.4 is 10.2 Å². The molecule has 0 saturated heterocycles. The minimum atomic E-state index is 0.584. The van der Waals surface area contributed by atoms with Gasteiger partial charge < -0.3 is 10.2 Å². The lowest BCUT2D eigenvalue weighted by atomic mass is 10.1. The van der Waals surface area contributed by atoms with Crippen molar-refractivity contribution in [1.82, 2.24) is 5.32 Å². The summed E-state index contributed by atoms with van der Waals surface area (Å²) in [7, 11) is 2.05. The van der Waals surface area contributed by atoms with Crippen molar-refractivity contribution in [3.8, 4) is 0 Å². The summed E-state index contributed by atoms with van der Waals surface area (Å²) in [6.07, 6.45) is 2.93. The van der Waals surface area contributed by atoms with Gasteiger partial charge in [-0.15, -0.1) is 11.8 Å². The van der Waals surface area contributed by atoms with Crippen molar-refractivity contribution >= 4 is 24.2 Å². The Morgan fingerprint density at radius 3 is 2.56 bits per heavy atom. The number of thioether (sulfide) groups is 1. The van der Waals surface area contributed by atoms with Gasteiger partial charge >= 0.3 is 0 Å². The molecule has 1 N–H and O–H groups in total. The van der Waals surface area contributed by atoms with Crippen LogP contribution in [-0.4, -0.2) is 32.1 Å². The zero-order valence-electron chi connectivity index (χ0n) is 16.2. The molecule has 0 saturated carbocycles. The lowest BCUT2D eigenvalue weighted by Gasteiger charge is -2.22. The van der Waals surface area contributed by atoms with E-state index in [-0.39, 0.29) is 0 Å². The number of rotatable bonds is 12. The van der Waals surface area contributed by atoms with Crippen LogP contribution in [0.2, 0.25) is 0 Å². The number of hydrogen-bond acceptors (Lipinski definition) is 4. The van der Waals surface area contributed by atoms with E-state index in [9.17, 15) is 0 Å². The standard InChI is InChI=1S/C21H33N3S/c1-7-17(3)23-14-13-19-9-11-21(12-10-19)24(6)18(4)15-20(22-5)16-25-8-2/h9-12,16-17,23H,4-5,7-8,13-15H2,1-3,6H3/b20-16-. The molecule has 0 spiro atoms. The Morgan fingerprint density at radius 1 is 1.32 bits per heavy atom. The molecule has 138 valence electrons. The van der Waals surface area contributed by atoms with Crippen LogP contribution in [0.4, 0.5) is 5.69 Å². The van der Waals surface area contributed by atoms with Crippen molar-refractivity contribution in [3.63, 3.8) is 0 Å². The SMILES string of the molecule is C=N/C(=C\SCC)CC(=C)N(C)c1ccc(CCNC(C)CC)cc1. The van der Waals surface area contributed by atoms with E-state index in [2.05, 4.69) is 86.0 Å². The fourth-order valence-corrected chi connectivity index (χ4v) is 2.83. The van der Waals surface area contributed by atoms with E-state index in [1.54, 1.807) is 11.8 Å². The van der Waals surface area contributed by atoms with Gasteiger partial charge in [-0.3, -0.25) is 4.99 Å². The molecule has 1 atom stereocenters. The Kier molecular flexibility index (Phi) is 10.3. The summed E-state index contributed by atoms with van der Waals surface area (Å²) in [5.74, 6) is 1.04. The molecular formula is C21H33N3S. The van der Waals surface area contributed by atoms with E-state index in [0.29, 0.717) is 12.5 Å². The van der Waals surface area contributed by atoms with E-state index in [1.807, 2.05) is 0 Å². The van der Waals surface area contributed by atoms with Gasteiger partial charge in [-0.05, 0) is 61.9 Å². The number of aliphatic imine (C=N–C) groups is 1. The van der Waals surface area contributed by atoms with Crippen molar-refractivity contribution in [2.75, 3.05) is 24.2 Å². The molecule has 1 aromatic rings. The summed E-state index contributed by atoms with van der Waals surface area (Å²) in [5, 5.41) is 5.60. The van der Waals surface area contributed by atoms with Gasteiger partial charge in [0, 0.05) is 30.9 Å². The molecule has 25 heavy (non-hydrogen) atoms. The van der Waals surface area contributed by atoms with Crippen LogP contribution in [-0.2, 0) is 6.42 Å². The Bertz CT molecular complexity index is 563. The van der Waals surface area contributed by atoms with E-state index >= 15 is 0 Å². The third-order valence-corrected chi connectivity index (χ3v) is 5.06. The van der Waals surface area contributed by atoms with Crippen LogP contribution in [0, 0.1) is 0 Å². The molecule has 1 rings (SSSR count). The molecule has 0 aliphatic carbocycles. The van der Waals surface area contributed by atoms with E-state index in [4.69, 9.17) is 0 Å². The van der Waals surface area contributed by atoms with Crippen molar-refractivity contribution in [3.05, 3.63) is 53.2 Å². The number of anilines is 1. The maximum Gasteiger partial charge on any atom is 0.0517 e. The topological polar surface area (TPSA) is 27.6 Å². The first-order chi connectivity index (χ1) is 12.0. The molecular weight excluding hydrogens is 326 g/mol. The largest absolute Gasteiger partial charge is 0.348 e. The van der Waals surface area contributed by atoms with Crippen LogP contribution in [0.3, 0.4) is 0 Å². The molecule has 0 aromatic heterocycles. The second-order valence-electron chi connectivity index (χ2n) is 6.20. The average molecular weight is 360 g/mol. The summed E-state index contributed by atoms with van der Waals surface area (Å²) >= 11 is 1.74.